The number of halogens is 1. The van der Waals surface area contributed by atoms with Crippen molar-refractivity contribution in [1.82, 2.24) is 5.32 Å². The van der Waals surface area contributed by atoms with Gasteiger partial charge in [0.1, 0.15) is 6.04 Å². The normalized spacial score (nSPS) is 23.4. The Balaban J connectivity index is 2.02. The Morgan fingerprint density at radius 1 is 1.44 bits per heavy atom. The molecule has 16 heavy (non-hydrogen) atoms. The fourth-order valence-electron chi connectivity index (χ4n) is 2.62. The van der Waals surface area contributed by atoms with Gasteiger partial charge in [-0.2, -0.15) is 0 Å². The molecule has 0 saturated carbocycles. The summed E-state index contributed by atoms with van der Waals surface area (Å²) in [4.78, 5) is 14.0. The van der Waals surface area contributed by atoms with Crippen molar-refractivity contribution in [2.75, 3.05) is 18.0 Å². The van der Waals surface area contributed by atoms with E-state index in [2.05, 4.69) is 38.3 Å². The molecule has 1 saturated heterocycles. The molecule has 0 radical (unpaired) electrons. The van der Waals surface area contributed by atoms with Gasteiger partial charge < -0.3 is 10.2 Å². The summed E-state index contributed by atoms with van der Waals surface area (Å²) >= 11 is 3.49. The summed E-state index contributed by atoms with van der Waals surface area (Å²) in [6.45, 7) is 1.68. The quantitative estimate of drug-likeness (QED) is 0.785. The van der Waals surface area contributed by atoms with Gasteiger partial charge in [0.05, 0.1) is 0 Å². The van der Waals surface area contributed by atoms with Crippen molar-refractivity contribution in [3.8, 4) is 0 Å². The number of benzene rings is 1. The zero-order valence-corrected chi connectivity index (χ0v) is 10.5. The lowest BCUT2D eigenvalue weighted by molar-refractivity contribution is -0.123. The largest absolute Gasteiger partial charge is 0.358 e. The number of carbonyl (C=O) groups excluding carboxylic acids is 1. The Morgan fingerprint density at radius 3 is 3.19 bits per heavy atom. The van der Waals surface area contributed by atoms with Gasteiger partial charge in [-0.1, -0.05) is 15.9 Å². The molecule has 84 valence electrons. The first-order chi connectivity index (χ1) is 7.75. The highest BCUT2D eigenvalue weighted by Gasteiger charge is 2.33. The molecule has 1 unspecified atom stereocenters. The van der Waals surface area contributed by atoms with Gasteiger partial charge in [0.2, 0.25) is 5.91 Å². The van der Waals surface area contributed by atoms with Crippen LogP contribution < -0.4 is 10.2 Å². The van der Waals surface area contributed by atoms with Gasteiger partial charge in [0.25, 0.3) is 0 Å². The highest BCUT2D eigenvalue weighted by Crippen LogP contribution is 2.33. The van der Waals surface area contributed by atoms with Crippen LogP contribution in [0.1, 0.15) is 12.0 Å². The van der Waals surface area contributed by atoms with E-state index >= 15 is 0 Å². The molecule has 0 aliphatic carbocycles. The maximum Gasteiger partial charge on any atom is 0.242 e. The van der Waals surface area contributed by atoms with Crippen LogP contribution in [-0.2, 0) is 11.2 Å². The van der Waals surface area contributed by atoms with Crippen molar-refractivity contribution in [2.45, 2.75) is 18.9 Å². The van der Waals surface area contributed by atoms with Crippen molar-refractivity contribution in [3.63, 3.8) is 0 Å². The summed E-state index contributed by atoms with van der Waals surface area (Å²) in [6, 6.07) is 6.37. The third-order valence-electron chi connectivity index (χ3n) is 3.37. The second kappa shape index (κ2) is 3.77. The van der Waals surface area contributed by atoms with E-state index in [0.717, 1.165) is 30.4 Å². The first-order valence-electron chi connectivity index (χ1n) is 5.58. The minimum atomic E-state index is 0.0439. The van der Waals surface area contributed by atoms with Crippen LogP contribution in [0, 0.1) is 0 Å². The maximum absolute atomic E-state index is 11.7. The van der Waals surface area contributed by atoms with E-state index < -0.39 is 0 Å². The standard InChI is InChI=1S/C12H13BrN2O/c13-9-2-4-10-8(7-9)1-3-11-12(16)14-5-6-15(10)11/h2,4,7,11H,1,3,5-6H2,(H,14,16). The van der Waals surface area contributed by atoms with Gasteiger partial charge in [0.15, 0.2) is 0 Å². The molecule has 4 heteroatoms. The zero-order chi connectivity index (χ0) is 11.1. The van der Waals surface area contributed by atoms with Gasteiger partial charge in [0, 0.05) is 23.2 Å². The number of anilines is 1. The number of piperazine rings is 1. The third kappa shape index (κ3) is 1.52. The van der Waals surface area contributed by atoms with Crippen LogP contribution in [0.25, 0.3) is 0 Å². The average molecular weight is 281 g/mol. The van der Waals surface area contributed by atoms with E-state index in [1.807, 2.05) is 6.07 Å². The maximum atomic E-state index is 11.7. The fraction of sp³-hybridized carbons (Fsp3) is 0.417. The molecule has 1 aromatic carbocycles. The van der Waals surface area contributed by atoms with Gasteiger partial charge in [-0.3, -0.25) is 4.79 Å². The lowest BCUT2D eigenvalue weighted by Gasteiger charge is -2.41. The molecule has 2 heterocycles. The van der Waals surface area contributed by atoms with E-state index in [1.54, 1.807) is 0 Å². The van der Waals surface area contributed by atoms with Crippen molar-refractivity contribution < 1.29 is 4.79 Å². The molecular formula is C12H13BrN2O. The van der Waals surface area contributed by atoms with Crippen molar-refractivity contribution >= 4 is 27.5 Å². The number of rotatable bonds is 0. The van der Waals surface area contributed by atoms with Gasteiger partial charge in [-0.15, -0.1) is 0 Å². The Labute approximate surface area is 103 Å². The molecule has 1 fully saturated rings. The fourth-order valence-corrected chi connectivity index (χ4v) is 3.03. The van der Waals surface area contributed by atoms with Crippen LogP contribution in [0.3, 0.4) is 0 Å². The number of hydrogen-bond acceptors (Lipinski definition) is 2. The van der Waals surface area contributed by atoms with E-state index in [-0.39, 0.29) is 11.9 Å². The van der Waals surface area contributed by atoms with Gasteiger partial charge >= 0.3 is 0 Å². The van der Waals surface area contributed by atoms with Crippen LogP contribution in [0.2, 0.25) is 0 Å². The summed E-state index contributed by atoms with van der Waals surface area (Å²) in [6.07, 6.45) is 1.92. The number of nitrogens with zero attached hydrogens (tertiary/aromatic N) is 1. The molecule has 1 aromatic rings. The molecule has 3 nitrogen and oxygen atoms in total. The van der Waals surface area contributed by atoms with Crippen LogP contribution in [0.4, 0.5) is 5.69 Å². The molecule has 1 N–H and O–H groups in total. The molecular weight excluding hydrogens is 268 g/mol. The summed E-state index contributed by atoms with van der Waals surface area (Å²) in [5, 5.41) is 2.93. The summed E-state index contributed by atoms with van der Waals surface area (Å²) < 4.78 is 1.12. The molecule has 3 rings (SSSR count). The highest BCUT2D eigenvalue weighted by molar-refractivity contribution is 9.10. The van der Waals surface area contributed by atoms with Crippen molar-refractivity contribution in [3.05, 3.63) is 28.2 Å². The molecule has 0 spiro atoms. The lowest BCUT2D eigenvalue weighted by atomic mass is 9.94. The Bertz CT molecular complexity index is 447. The average Bonchev–Trinajstić information content (AvgIpc) is 2.28. The predicted molar refractivity (Wildman–Crippen MR) is 66.6 cm³/mol. The van der Waals surface area contributed by atoms with Gasteiger partial charge in [-0.25, -0.2) is 0 Å². The minimum Gasteiger partial charge on any atom is -0.358 e. The SMILES string of the molecule is O=C1NCCN2c3ccc(Br)cc3CCC12. The van der Waals surface area contributed by atoms with Crippen LogP contribution in [-0.4, -0.2) is 25.0 Å². The number of carbonyl (C=O) groups is 1. The summed E-state index contributed by atoms with van der Waals surface area (Å²) in [7, 11) is 0. The lowest BCUT2D eigenvalue weighted by Crippen LogP contribution is -2.57. The molecule has 1 amide bonds. The number of aryl methyl sites for hydroxylation is 1. The smallest absolute Gasteiger partial charge is 0.242 e. The van der Waals surface area contributed by atoms with Crippen LogP contribution in [0.5, 0.6) is 0 Å². The number of hydrogen-bond donors (Lipinski definition) is 1. The molecule has 0 bridgehead atoms. The third-order valence-corrected chi connectivity index (χ3v) is 3.86. The first kappa shape index (κ1) is 10.1. The van der Waals surface area contributed by atoms with E-state index in [1.165, 1.54) is 11.3 Å². The second-order valence-corrected chi connectivity index (χ2v) is 5.23. The Hall–Kier alpha value is -1.03. The number of nitrogens with one attached hydrogen (secondary N) is 1. The topological polar surface area (TPSA) is 32.3 Å². The summed E-state index contributed by atoms with van der Waals surface area (Å²) in [5.74, 6) is 0.180. The molecule has 2 aliphatic heterocycles. The second-order valence-electron chi connectivity index (χ2n) is 4.31. The van der Waals surface area contributed by atoms with Crippen LogP contribution >= 0.6 is 15.9 Å². The molecule has 0 aromatic heterocycles. The number of amides is 1. The minimum absolute atomic E-state index is 0.0439. The first-order valence-corrected chi connectivity index (χ1v) is 6.38. The zero-order valence-electron chi connectivity index (χ0n) is 8.87. The van der Waals surface area contributed by atoms with E-state index in [0.29, 0.717) is 0 Å². The van der Waals surface area contributed by atoms with Crippen LogP contribution in [0.15, 0.2) is 22.7 Å². The van der Waals surface area contributed by atoms with Crippen molar-refractivity contribution in [1.29, 1.82) is 0 Å². The molecule has 2 aliphatic rings. The van der Waals surface area contributed by atoms with E-state index in [4.69, 9.17) is 0 Å². The molecule has 1 atom stereocenters. The Kier molecular flexibility index (Phi) is 2.39. The summed E-state index contributed by atoms with van der Waals surface area (Å²) in [5.41, 5.74) is 2.58. The van der Waals surface area contributed by atoms with Gasteiger partial charge in [-0.05, 0) is 36.6 Å². The predicted octanol–water partition coefficient (Wildman–Crippen LogP) is 1.70. The van der Waals surface area contributed by atoms with Crippen molar-refractivity contribution in [2.24, 2.45) is 0 Å². The number of fused-ring (bicyclic) bond motifs is 3. The highest BCUT2D eigenvalue weighted by atomic mass is 79.9. The Morgan fingerprint density at radius 2 is 2.31 bits per heavy atom. The monoisotopic (exact) mass is 280 g/mol. The van der Waals surface area contributed by atoms with E-state index in [9.17, 15) is 4.79 Å².